The van der Waals surface area contributed by atoms with E-state index >= 15 is 0 Å². The van der Waals surface area contributed by atoms with Gasteiger partial charge in [-0.15, -0.1) is 0 Å². The number of nitrogens with one attached hydrogen (secondary N) is 1. The van der Waals surface area contributed by atoms with E-state index in [1.165, 1.54) is 6.42 Å². The van der Waals surface area contributed by atoms with Crippen molar-refractivity contribution in [3.05, 3.63) is 29.6 Å². The monoisotopic (exact) mass is 278 g/mol. The first kappa shape index (κ1) is 14.9. The number of carbonyl (C=O) groups is 1. The maximum atomic E-state index is 11.3. The molecule has 0 radical (unpaired) electrons. The van der Waals surface area contributed by atoms with E-state index in [1.54, 1.807) is 12.3 Å². The van der Waals surface area contributed by atoms with Gasteiger partial charge in [0.25, 0.3) is 5.91 Å². The summed E-state index contributed by atoms with van der Waals surface area (Å²) in [5.74, 6) is 5.36. The molecule has 1 aromatic heterocycles. The third-order valence-electron chi connectivity index (χ3n) is 3.47. The molecular formula is C14H22N4O2. The fraction of sp³-hybridized carbons (Fsp3) is 0.571. The number of hydrazine groups is 1. The molecule has 1 aliphatic heterocycles. The Labute approximate surface area is 119 Å². The number of amides is 1. The number of nitrogens with zero attached hydrogens (tertiary/aromatic N) is 2. The van der Waals surface area contributed by atoms with Crippen molar-refractivity contribution in [3.63, 3.8) is 0 Å². The third kappa shape index (κ3) is 4.26. The van der Waals surface area contributed by atoms with Gasteiger partial charge in [-0.2, -0.15) is 0 Å². The normalized spacial score (nSPS) is 19.1. The number of aromatic nitrogens is 1. The molecule has 6 heteroatoms. The Morgan fingerprint density at radius 2 is 2.45 bits per heavy atom. The molecule has 2 rings (SSSR count). The van der Waals surface area contributed by atoms with E-state index in [0.717, 1.165) is 38.4 Å². The third-order valence-corrected chi connectivity index (χ3v) is 3.47. The van der Waals surface area contributed by atoms with Gasteiger partial charge in [0, 0.05) is 25.9 Å². The molecule has 1 saturated heterocycles. The first-order chi connectivity index (χ1) is 9.69. The predicted molar refractivity (Wildman–Crippen MR) is 75.8 cm³/mol. The van der Waals surface area contributed by atoms with Crippen molar-refractivity contribution < 1.29 is 9.53 Å². The van der Waals surface area contributed by atoms with Gasteiger partial charge in [-0.05, 0) is 37.9 Å². The molecule has 0 saturated carbocycles. The highest BCUT2D eigenvalue weighted by Crippen LogP contribution is 2.15. The molecule has 0 aliphatic carbocycles. The van der Waals surface area contributed by atoms with Gasteiger partial charge in [-0.25, -0.2) is 5.84 Å². The Kier molecular flexibility index (Phi) is 5.46. The van der Waals surface area contributed by atoms with Crippen LogP contribution in [0.1, 0.15) is 28.9 Å². The average molecular weight is 278 g/mol. The molecule has 1 aromatic rings. The van der Waals surface area contributed by atoms with Crippen LogP contribution in [0, 0.1) is 5.92 Å². The number of nitrogen functional groups attached to an aromatic ring is 1. The molecule has 0 aromatic carbocycles. The SMILES string of the molecule is CN(Cc1ccc(C(=O)NN)cn1)CC1CCCOC1. The second-order valence-electron chi connectivity index (χ2n) is 5.29. The molecule has 0 bridgehead atoms. The lowest BCUT2D eigenvalue weighted by molar-refractivity contribution is 0.0410. The fourth-order valence-corrected chi connectivity index (χ4v) is 2.47. The van der Waals surface area contributed by atoms with Crippen LogP contribution in [0.25, 0.3) is 0 Å². The van der Waals surface area contributed by atoms with Crippen molar-refractivity contribution in [2.24, 2.45) is 11.8 Å². The molecule has 1 unspecified atom stereocenters. The first-order valence-corrected chi connectivity index (χ1v) is 6.91. The van der Waals surface area contributed by atoms with Crippen molar-refractivity contribution in [1.29, 1.82) is 0 Å². The van der Waals surface area contributed by atoms with E-state index in [1.807, 2.05) is 6.07 Å². The molecule has 1 atom stereocenters. The summed E-state index contributed by atoms with van der Waals surface area (Å²) in [5.41, 5.74) is 3.51. The summed E-state index contributed by atoms with van der Waals surface area (Å²) < 4.78 is 5.49. The number of carbonyl (C=O) groups excluding carboxylic acids is 1. The number of hydrogen-bond acceptors (Lipinski definition) is 5. The highest BCUT2D eigenvalue weighted by atomic mass is 16.5. The Morgan fingerprint density at radius 1 is 1.60 bits per heavy atom. The zero-order valence-electron chi connectivity index (χ0n) is 11.8. The van der Waals surface area contributed by atoms with Crippen LogP contribution in [0.2, 0.25) is 0 Å². The second-order valence-corrected chi connectivity index (χ2v) is 5.29. The minimum atomic E-state index is -0.322. The molecule has 2 heterocycles. The smallest absolute Gasteiger partial charge is 0.266 e. The lowest BCUT2D eigenvalue weighted by Gasteiger charge is -2.26. The largest absolute Gasteiger partial charge is 0.381 e. The number of ether oxygens (including phenoxy) is 1. The van der Waals surface area contributed by atoms with Crippen LogP contribution in [0.4, 0.5) is 0 Å². The predicted octanol–water partition coefficient (Wildman–Crippen LogP) is 0.543. The van der Waals surface area contributed by atoms with Crippen molar-refractivity contribution in [2.75, 3.05) is 26.8 Å². The quantitative estimate of drug-likeness (QED) is 0.467. The van der Waals surface area contributed by atoms with Gasteiger partial charge in [0.2, 0.25) is 0 Å². The number of rotatable bonds is 5. The van der Waals surface area contributed by atoms with Crippen LogP contribution in [-0.4, -0.2) is 42.6 Å². The summed E-state index contributed by atoms with van der Waals surface area (Å²) in [6, 6.07) is 3.60. The summed E-state index contributed by atoms with van der Waals surface area (Å²) in [5, 5.41) is 0. The maximum absolute atomic E-state index is 11.3. The molecule has 1 fully saturated rings. The van der Waals surface area contributed by atoms with Crippen molar-refractivity contribution in [2.45, 2.75) is 19.4 Å². The Morgan fingerprint density at radius 3 is 3.05 bits per heavy atom. The highest BCUT2D eigenvalue weighted by Gasteiger charge is 2.16. The summed E-state index contributed by atoms with van der Waals surface area (Å²) >= 11 is 0. The van der Waals surface area contributed by atoms with E-state index in [0.29, 0.717) is 11.5 Å². The van der Waals surface area contributed by atoms with Gasteiger partial charge in [-0.3, -0.25) is 15.2 Å². The van der Waals surface area contributed by atoms with Crippen LogP contribution in [-0.2, 0) is 11.3 Å². The minimum absolute atomic E-state index is 0.322. The van der Waals surface area contributed by atoms with Crippen LogP contribution >= 0.6 is 0 Å². The molecule has 1 aliphatic rings. The van der Waals surface area contributed by atoms with Gasteiger partial charge in [-0.1, -0.05) is 0 Å². The second kappa shape index (κ2) is 7.33. The fourth-order valence-electron chi connectivity index (χ4n) is 2.47. The lowest BCUT2D eigenvalue weighted by Crippen LogP contribution is -2.31. The van der Waals surface area contributed by atoms with E-state index in [9.17, 15) is 4.79 Å². The lowest BCUT2D eigenvalue weighted by atomic mass is 10.0. The van der Waals surface area contributed by atoms with Crippen molar-refractivity contribution in [3.8, 4) is 0 Å². The molecule has 0 spiro atoms. The topological polar surface area (TPSA) is 80.5 Å². The molecular weight excluding hydrogens is 256 g/mol. The van der Waals surface area contributed by atoms with Crippen LogP contribution in [0.3, 0.4) is 0 Å². The van der Waals surface area contributed by atoms with Gasteiger partial charge < -0.3 is 9.64 Å². The zero-order valence-corrected chi connectivity index (χ0v) is 11.8. The average Bonchev–Trinajstić information content (AvgIpc) is 2.48. The Balaban J connectivity index is 1.84. The van der Waals surface area contributed by atoms with Crippen LogP contribution in [0.15, 0.2) is 18.3 Å². The number of hydrogen-bond donors (Lipinski definition) is 2. The van der Waals surface area contributed by atoms with E-state index in [-0.39, 0.29) is 5.91 Å². The number of nitrogens with two attached hydrogens (primary N) is 1. The molecule has 1 amide bonds. The Bertz CT molecular complexity index is 429. The first-order valence-electron chi connectivity index (χ1n) is 6.91. The highest BCUT2D eigenvalue weighted by molar-refractivity contribution is 5.93. The summed E-state index contributed by atoms with van der Waals surface area (Å²) in [7, 11) is 2.08. The van der Waals surface area contributed by atoms with E-state index < -0.39 is 0 Å². The summed E-state index contributed by atoms with van der Waals surface area (Å²) in [6.45, 7) is 3.52. The van der Waals surface area contributed by atoms with Gasteiger partial charge >= 0.3 is 0 Å². The van der Waals surface area contributed by atoms with E-state index in [2.05, 4.69) is 22.4 Å². The summed E-state index contributed by atoms with van der Waals surface area (Å²) in [6.07, 6.45) is 3.93. The molecule has 3 N–H and O–H groups in total. The zero-order chi connectivity index (χ0) is 14.4. The van der Waals surface area contributed by atoms with Gasteiger partial charge in [0.15, 0.2) is 0 Å². The van der Waals surface area contributed by atoms with Crippen LogP contribution in [0.5, 0.6) is 0 Å². The van der Waals surface area contributed by atoms with Crippen molar-refractivity contribution >= 4 is 5.91 Å². The summed E-state index contributed by atoms with van der Waals surface area (Å²) in [4.78, 5) is 17.8. The molecule has 110 valence electrons. The van der Waals surface area contributed by atoms with Gasteiger partial charge in [0.1, 0.15) is 0 Å². The van der Waals surface area contributed by atoms with Gasteiger partial charge in [0.05, 0.1) is 17.9 Å². The van der Waals surface area contributed by atoms with E-state index in [4.69, 9.17) is 10.6 Å². The van der Waals surface area contributed by atoms with Crippen molar-refractivity contribution in [1.82, 2.24) is 15.3 Å². The van der Waals surface area contributed by atoms with Crippen LogP contribution < -0.4 is 11.3 Å². The molecule has 6 nitrogen and oxygen atoms in total. The minimum Gasteiger partial charge on any atom is -0.381 e. The maximum Gasteiger partial charge on any atom is 0.266 e. The molecule has 20 heavy (non-hydrogen) atoms. The standard InChI is InChI=1S/C14H22N4O2/c1-18(8-11-3-2-6-20-10-11)9-13-5-4-12(7-16-13)14(19)17-15/h4-5,7,11H,2-3,6,8-10,15H2,1H3,(H,17,19). The number of pyridine rings is 1. The Hall–Kier alpha value is -1.50.